The quantitative estimate of drug-likeness (QED) is 0.325. The van der Waals surface area contributed by atoms with E-state index in [-0.39, 0.29) is 23.2 Å². The highest BCUT2D eigenvalue weighted by Gasteiger charge is 2.40. The van der Waals surface area contributed by atoms with E-state index in [2.05, 4.69) is 17.4 Å². The molecule has 0 spiro atoms. The summed E-state index contributed by atoms with van der Waals surface area (Å²) >= 11 is 6.55. The Balaban J connectivity index is 1.39. The maximum absolute atomic E-state index is 13.2. The van der Waals surface area contributed by atoms with Crippen molar-refractivity contribution in [1.29, 1.82) is 0 Å². The molecule has 8 heteroatoms. The van der Waals surface area contributed by atoms with Crippen LogP contribution in [0, 0.1) is 0 Å². The van der Waals surface area contributed by atoms with E-state index in [9.17, 15) is 14.4 Å². The maximum Gasteiger partial charge on any atom is 0.331 e. The van der Waals surface area contributed by atoms with Crippen molar-refractivity contribution in [3.63, 3.8) is 0 Å². The fourth-order valence-corrected chi connectivity index (χ4v) is 5.23. The van der Waals surface area contributed by atoms with Crippen LogP contribution in [-0.4, -0.2) is 35.9 Å². The SMILES string of the molecule is COc1cc(C=C2C(=O)NC(=O)N(C3CCCCC3)C2=O)cc(Cl)c1OCc1ccc2ccccc2c1. The molecular formula is C29H27ClN2O5. The van der Waals surface area contributed by atoms with Crippen molar-refractivity contribution in [1.82, 2.24) is 10.2 Å². The standard InChI is InChI=1S/C29H27ClN2O5/c1-36-25-16-19(14-23-27(33)31-29(35)32(28(23)34)22-9-3-2-4-10-22)15-24(30)26(25)37-17-18-11-12-20-7-5-6-8-21(20)13-18/h5-8,11-16,22H,2-4,9-10,17H2,1H3,(H,31,33,35). The molecule has 2 aliphatic rings. The molecule has 1 heterocycles. The first-order chi connectivity index (χ1) is 17.9. The molecule has 0 atom stereocenters. The molecule has 0 aromatic heterocycles. The summed E-state index contributed by atoms with van der Waals surface area (Å²) in [5, 5.41) is 4.83. The highest BCUT2D eigenvalue weighted by Crippen LogP contribution is 2.38. The van der Waals surface area contributed by atoms with Crippen LogP contribution >= 0.6 is 11.6 Å². The minimum Gasteiger partial charge on any atom is -0.493 e. The summed E-state index contributed by atoms with van der Waals surface area (Å²) in [4.78, 5) is 39.4. The lowest BCUT2D eigenvalue weighted by atomic mass is 9.93. The molecule has 2 fully saturated rings. The zero-order chi connectivity index (χ0) is 25.9. The lowest BCUT2D eigenvalue weighted by Gasteiger charge is -2.35. The number of rotatable bonds is 6. The summed E-state index contributed by atoms with van der Waals surface area (Å²) in [6, 6.07) is 16.6. The lowest BCUT2D eigenvalue weighted by molar-refractivity contribution is -0.132. The van der Waals surface area contributed by atoms with Crippen LogP contribution in [0.25, 0.3) is 16.8 Å². The van der Waals surface area contributed by atoms with Crippen molar-refractivity contribution in [3.05, 3.63) is 76.3 Å². The molecular weight excluding hydrogens is 492 g/mol. The Morgan fingerprint density at radius 1 is 1.00 bits per heavy atom. The number of barbiturate groups is 1. The number of urea groups is 1. The monoisotopic (exact) mass is 518 g/mol. The third-order valence-electron chi connectivity index (χ3n) is 6.83. The van der Waals surface area contributed by atoms with Gasteiger partial charge in [0.25, 0.3) is 11.8 Å². The number of ether oxygens (including phenoxy) is 2. The number of carbonyl (C=O) groups excluding carboxylic acids is 3. The van der Waals surface area contributed by atoms with E-state index in [0.29, 0.717) is 17.1 Å². The Morgan fingerprint density at radius 3 is 2.51 bits per heavy atom. The van der Waals surface area contributed by atoms with Crippen molar-refractivity contribution in [2.45, 2.75) is 44.8 Å². The topological polar surface area (TPSA) is 84.9 Å². The van der Waals surface area contributed by atoms with Crippen LogP contribution in [0.4, 0.5) is 4.79 Å². The molecule has 5 rings (SSSR count). The molecule has 1 aliphatic heterocycles. The second kappa shape index (κ2) is 10.6. The number of hydrogen-bond donors (Lipinski definition) is 1. The van der Waals surface area contributed by atoms with E-state index in [1.807, 2.05) is 30.3 Å². The molecule has 1 aliphatic carbocycles. The largest absolute Gasteiger partial charge is 0.493 e. The zero-order valence-corrected chi connectivity index (χ0v) is 21.2. The van der Waals surface area contributed by atoms with E-state index in [0.717, 1.165) is 48.4 Å². The fourth-order valence-electron chi connectivity index (χ4n) is 4.96. The smallest absolute Gasteiger partial charge is 0.331 e. The highest BCUT2D eigenvalue weighted by atomic mass is 35.5. The minimum atomic E-state index is -0.728. The number of hydrogen-bond acceptors (Lipinski definition) is 5. The van der Waals surface area contributed by atoms with E-state index in [1.165, 1.54) is 18.1 Å². The Labute approximate surface area is 220 Å². The van der Waals surface area contributed by atoms with Crippen LogP contribution in [-0.2, 0) is 16.2 Å². The predicted molar refractivity (Wildman–Crippen MR) is 142 cm³/mol. The molecule has 0 bridgehead atoms. The Kier molecular flexibility index (Phi) is 7.15. The average Bonchev–Trinajstić information content (AvgIpc) is 2.90. The number of nitrogens with one attached hydrogen (secondary N) is 1. The number of imide groups is 2. The molecule has 0 unspecified atom stereocenters. The van der Waals surface area contributed by atoms with E-state index in [4.69, 9.17) is 21.1 Å². The second-order valence-electron chi connectivity index (χ2n) is 9.29. The van der Waals surface area contributed by atoms with Crippen molar-refractivity contribution >= 4 is 46.3 Å². The van der Waals surface area contributed by atoms with Crippen LogP contribution in [0.5, 0.6) is 11.5 Å². The average molecular weight is 519 g/mol. The lowest BCUT2D eigenvalue weighted by Crippen LogP contribution is -2.58. The summed E-state index contributed by atoms with van der Waals surface area (Å²) in [5.74, 6) is -0.594. The minimum absolute atomic E-state index is 0.117. The van der Waals surface area contributed by atoms with E-state index in [1.54, 1.807) is 12.1 Å². The van der Waals surface area contributed by atoms with E-state index < -0.39 is 17.8 Å². The van der Waals surface area contributed by atoms with Crippen LogP contribution in [0.15, 0.2) is 60.2 Å². The van der Waals surface area contributed by atoms with Crippen molar-refractivity contribution in [2.75, 3.05) is 7.11 Å². The van der Waals surface area contributed by atoms with E-state index >= 15 is 0 Å². The summed E-state index contributed by atoms with van der Waals surface area (Å²) in [6.45, 7) is 0.278. The Hall–Kier alpha value is -3.84. The number of halogens is 1. The normalized spacial score (nSPS) is 17.8. The third-order valence-corrected chi connectivity index (χ3v) is 7.11. The number of amides is 4. The number of carbonyl (C=O) groups is 3. The molecule has 7 nitrogen and oxygen atoms in total. The molecule has 1 saturated heterocycles. The summed E-state index contributed by atoms with van der Waals surface area (Å²) < 4.78 is 11.5. The van der Waals surface area contributed by atoms with Crippen molar-refractivity contribution in [2.24, 2.45) is 0 Å². The van der Waals surface area contributed by atoms with Crippen LogP contribution in [0.1, 0.15) is 43.2 Å². The van der Waals surface area contributed by atoms with Gasteiger partial charge in [-0.3, -0.25) is 19.8 Å². The van der Waals surface area contributed by atoms with Gasteiger partial charge in [-0.15, -0.1) is 0 Å². The Bertz CT molecular complexity index is 1410. The van der Waals surface area contributed by atoms with Gasteiger partial charge in [-0.2, -0.15) is 0 Å². The first-order valence-electron chi connectivity index (χ1n) is 12.3. The number of methoxy groups -OCH3 is 1. The van der Waals surface area contributed by atoms with Crippen molar-refractivity contribution in [3.8, 4) is 11.5 Å². The number of benzene rings is 3. The Morgan fingerprint density at radius 2 is 1.76 bits per heavy atom. The summed E-state index contributed by atoms with van der Waals surface area (Å²) in [6.07, 6.45) is 5.88. The molecule has 3 aromatic carbocycles. The first-order valence-corrected chi connectivity index (χ1v) is 12.7. The number of nitrogens with zero attached hydrogens (tertiary/aromatic N) is 1. The zero-order valence-electron chi connectivity index (χ0n) is 20.5. The molecule has 4 amide bonds. The van der Waals surface area contributed by atoms with Crippen LogP contribution in [0.3, 0.4) is 0 Å². The molecule has 190 valence electrons. The van der Waals surface area contributed by atoms with Gasteiger partial charge in [0.15, 0.2) is 11.5 Å². The molecule has 37 heavy (non-hydrogen) atoms. The predicted octanol–water partition coefficient (Wildman–Crippen LogP) is 5.88. The van der Waals surface area contributed by atoms with Gasteiger partial charge in [0.05, 0.1) is 12.1 Å². The van der Waals surface area contributed by atoms with Crippen LogP contribution in [0.2, 0.25) is 5.02 Å². The summed E-state index contributed by atoms with van der Waals surface area (Å²) in [7, 11) is 1.49. The van der Waals surface area contributed by atoms with Gasteiger partial charge in [0.2, 0.25) is 0 Å². The maximum atomic E-state index is 13.2. The fraction of sp³-hybridized carbons (Fsp3) is 0.276. The molecule has 0 radical (unpaired) electrons. The molecule has 1 saturated carbocycles. The molecule has 1 N–H and O–H groups in total. The van der Waals surface area contributed by atoms with Gasteiger partial charge in [0, 0.05) is 6.04 Å². The van der Waals surface area contributed by atoms with Gasteiger partial charge >= 0.3 is 6.03 Å². The first kappa shape index (κ1) is 24.8. The molecule has 3 aromatic rings. The second-order valence-corrected chi connectivity index (χ2v) is 9.70. The third kappa shape index (κ3) is 5.18. The summed E-state index contributed by atoms with van der Waals surface area (Å²) in [5.41, 5.74) is 1.34. The van der Waals surface area contributed by atoms with Crippen LogP contribution < -0.4 is 14.8 Å². The van der Waals surface area contributed by atoms with Gasteiger partial charge < -0.3 is 9.47 Å². The van der Waals surface area contributed by atoms with Crippen molar-refractivity contribution < 1.29 is 23.9 Å². The van der Waals surface area contributed by atoms with Gasteiger partial charge in [0.1, 0.15) is 12.2 Å². The number of fused-ring (bicyclic) bond motifs is 1. The highest BCUT2D eigenvalue weighted by molar-refractivity contribution is 6.33. The van der Waals surface area contributed by atoms with Gasteiger partial charge in [-0.25, -0.2) is 4.79 Å². The van der Waals surface area contributed by atoms with Gasteiger partial charge in [-0.05, 0) is 59.0 Å². The van der Waals surface area contributed by atoms with Gasteiger partial charge in [-0.1, -0.05) is 67.3 Å².